The fourth-order valence-corrected chi connectivity index (χ4v) is 3.33. The summed E-state index contributed by atoms with van der Waals surface area (Å²) in [6.07, 6.45) is 3.78. The molecule has 0 radical (unpaired) electrons. The molecule has 0 aliphatic heterocycles. The van der Waals surface area contributed by atoms with Crippen LogP contribution in [0.1, 0.15) is 32.6 Å². The number of para-hydroxylation sites is 1. The van der Waals surface area contributed by atoms with E-state index in [1.54, 1.807) is 0 Å². The summed E-state index contributed by atoms with van der Waals surface area (Å²) in [5, 5.41) is 0. The Bertz CT molecular complexity index is 712. The van der Waals surface area contributed by atoms with Crippen LogP contribution in [0.4, 0.5) is 0 Å². The lowest BCUT2D eigenvalue weighted by molar-refractivity contribution is -0.0832. The van der Waals surface area contributed by atoms with Gasteiger partial charge in [0.2, 0.25) is 0 Å². The van der Waals surface area contributed by atoms with Crippen molar-refractivity contribution in [3.63, 3.8) is 0 Å². The average Bonchev–Trinajstić information content (AvgIpc) is 2.81. The van der Waals surface area contributed by atoms with E-state index in [9.17, 15) is 8.42 Å². The van der Waals surface area contributed by atoms with Crippen molar-refractivity contribution in [1.29, 1.82) is 0 Å². The van der Waals surface area contributed by atoms with E-state index in [-0.39, 0.29) is 18.0 Å². The topological polar surface area (TPSA) is 110 Å². The van der Waals surface area contributed by atoms with E-state index in [1.807, 2.05) is 37.3 Å². The summed E-state index contributed by atoms with van der Waals surface area (Å²) in [4.78, 5) is 0. The van der Waals surface area contributed by atoms with Crippen LogP contribution in [0.25, 0.3) is 0 Å². The van der Waals surface area contributed by atoms with Crippen molar-refractivity contribution in [2.45, 2.75) is 44.8 Å². The molecule has 0 spiro atoms. The van der Waals surface area contributed by atoms with Crippen LogP contribution in [-0.2, 0) is 33.8 Å². The minimum absolute atomic E-state index is 0.0914. The maximum atomic E-state index is 10.7. The Morgan fingerprint density at radius 2 is 1.59 bits per heavy atom. The lowest BCUT2D eigenvalue weighted by atomic mass is 10.3. The summed E-state index contributed by atoms with van der Waals surface area (Å²) in [6, 6.07) is 9.49. The Labute approximate surface area is 204 Å². The van der Waals surface area contributed by atoms with E-state index in [4.69, 9.17) is 33.0 Å². The number of hydrogen-bond acceptors (Lipinski definition) is 8. The van der Waals surface area contributed by atoms with Crippen molar-refractivity contribution in [1.82, 2.24) is 0 Å². The molecule has 9 nitrogen and oxygen atoms in total. The van der Waals surface area contributed by atoms with Crippen LogP contribution in [0.2, 0.25) is 0 Å². The maximum Gasteiger partial charge on any atom is 0.264 e. The number of unbranched alkanes of at least 4 members (excludes halogenated alkanes) is 2. The molecule has 1 aromatic rings. The summed E-state index contributed by atoms with van der Waals surface area (Å²) in [5.74, 6) is 0.498. The normalized spacial score (nSPS) is 13.4. The van der Waals surface area contributed by atoms with Crippen LogP contribution in [0.15, 0.2) is 43.2 Å². The van der Waals surface area contributed by atoms with Crippen LogP contribution >= 0.6 is 0 Å². The molecule has 0 amide bonds. The predicted molar refractivity (Wildman–Crippen MR) is 130 cm³/mol. The molecular formula is C24H40O9S. The molecule has 0 saturated heterocycles. The monoisotopic (exact) mass is 504 g/mol. The highest BCUT2D eigenvalue weighted by molar-refractivity contribution is 7.85. The Kier molecular flexibility index (Phi) is 17.5. The van der Waals surface area contributed by atoms with Gasteiger partial charge in [0.15, 0.2) is 0 Å². The van der Waals surface area contributed by atoms with E-state index in [0.29, 0.717) is 65.7 Å². The number of ether oxygens (including phenoxy) is 6. The average molecular weight is 505 g/mol. The van der Waals surface area contributed by atoms with Gasteiger partial charge in [-0.1, -0.05) is 24.8 Å². The van der Waals surface area contributed by atoms with E-state index < -0.39 is 10.1 Å². The minimum Gasteiger partial charge on any atom is -0.502 e. The summed E-state index contributed by atoms with van der Waals surface area (Å²) >= 11 is 0. The summed E-state index contributed by atoms with van der Waals surface area (Å²) in [7, 11) is -3.91. The van der Waals surface area contributed by atoms with Crippen molar-refractivity contribution in [2.24, 2.45) is 0 Å². The first-order chi connectivity index (χ1) is 16.4. The van der Waals surface area contributed by atoms with Gasteiger partial charge in [0.25, 0.3) is 10.1 Å². The first-order valence-corrected chi connectivity index (χ1v) is 13.3. The van der Waals surface area contributed by atoms with Gasteiger partial charge in [-0.25, -0.2) is 0 Å². The van der Waals surface area contributed by atoms with Crippen molar-refractivity contribution in [3.05, 3.63) is 43.2 Å². The van der Waals surface area contributed by atoms with Crippen molar-refractivity contribution in [3.8, 4) is 5.75 Å². The van der Waals surface area contributed by atoms with Crippen molar-refractivity contribution in [2.75, 3.05) is 58.6 Å². The minimum atomic E-state index is -3.91. The zero-order chi connectivity index (χ0) is 24.9. The molecule has 0 heterocycles. The van der Waals surface area contributed by atoms with Crippen LogP contribution in [0.3, 0.4) is 0 Å². The number of benzene rings is 1. The lowest BCUT2D eigenvalue weighted by Gasteiger charge is -2.21. The van der Waals surface area contributed by atoms with E-state index >= 15 is 0 Å². The second-order valence-electron chi connectivity index (χ2n) is 7.69. The number of rotatable bonds is 23. The Hall–Kier alpha value is -1.69. The SMILES string of the molecule is C=COCCCCOCC(C)OCC(COc1ccccc1)OCCOCCCCS(=O)(=O)O. The van der Waals surface area contributed by atoms with Crippen LogP contribution in [-0.4, -0.2) is 83.8 Å². The molecule has 0 aliphatic carbocycles. The van der Waals surface area contributed by atoms with Gasteiger partial charge in [0.05, 0.1) is 51.2 Å². The first kappa shape index (κ1) is 30.3. The van der Waals surface area contributed by atoms with E-state index in [1.165, 1.54) is 6.26 Å². The largest absolute Gasteiger partial charge is 0.502 e. The van der Waals surface area contributed by atoms with Gasteiger partial charge in [0.1, 0.15) is 18.5 Å². The van der Waals surface area contributed by atoms with Crippen LogP contribution in [0, 0.1) is 0 Å². The quantitative estimate of drug-likeness (QED) is 0.136. The van der Waals surface area contributed by atoms with Gasteiger partial charge in [-0.2, -0.15) is 8.42 Å². The molecule has 0 saturated carbocycles. The molecule has 1 rings (SSSR count). The predicted octanol–water partition coefficient (Wildman–Crippen LogP) is 3.50. The summed E-state index contributed by atoms with van der Waals surface area (Å²) < 4.78 is 63.9. The molecule has 1 N–H and O–H groups in total. The first-order valence-electron chi connectivity index (χ1n) is 11.6. The summed E-state index contributed by atoms with van der Waals surface area (Å²) in [6.45, 7) is 9.02. The van der Waals surface area contributed by atoms with Crippen LogP contribution < -0.4 is 4.74 Å². The van der Waals surface area contributed by atoms with Crippen molar-refractivity contribution < 1.29 is 41.4 Å². The summed E-state index contributed by atoms with van der Waals surface area (Å²) in [5.41, 5.74) is 0. The third kappa shape index (κ3) is 18.7. The van der Waals surface area contributed by atoms with E-state index in [0.717, 1.165) is 18.6 Å². The molecule has 0 fully saturated rings. The fraction of sp³-hybridized carbons (Fsp3) is 0.667. The van der Waals surface area contributed by atoms with Crippen LogP contribution in [0.5, 0.6) is 5.75 Å². The molecule has 0 bridgehead atoms. The smallest absolute Gasteiger partial charge is 0.264 e. The Morgan fingerprint density at radius 1 is 0.882 bits per heavy atom. The zero-order valence-electron chi connectivity index (χ0n) is 20.1. The Balaban J connectivity index is 2.25. The molecule has 196 valence electrons. The van der Waals surface area contributed by atoms with Gasteiger partial charge in [-0.3, -0.25) is 4.55 Å². The van der Waals surface area contributed by atoms with Gasteiger partial charge < -0.3 is 28.4 Å². The zero-order valence-corrected chi connectivity index (χ0v) is 21.0. The highest BCUT2D eigenvalue weighted by atomic mass is 32.2. The van der Waals surface area contributed by atoms with Gasteiger partial charge in [-0.15, -0.1) is 0 Å². The molecule has 1 aromatic carbocycles. The maximum absolute atomic E-state index is 10.7. The molecule has 2 atom stereocenters. The third-order valence-electron chi connectivity index (χ3n) is 4.54. The highest BCUT2D eigenvalue weighted by Gasteiger charge is 2.14. The molecule has 34 heavy (non-hydrogen) atoms. The lowest BCUT2D eigenvalue weighted by Crippen LogP contribution is -2.31. The van der Waals surface area contributed by atoms with E-state index in [2.05, 4.69) is 6.58 Å². The molecule has 2 unspecified atom stereocenters. The highest BCUT2D eigenvalue weighted by Crippen LogP contribution is 2.10. The molecular weight excluding hydrogens is 464 g/mol. The Morgan fingerprint density at radius 3 is 2.32 bits per heavy atom. The van der Waals surface area contributed by atoms with Gasteiger partial charge in [-0.05, 0) is 44.7 Å². The fourth-order valence-electron chi connectivity index (χ4n) is 2.76. The molecule has 10 heteroatoms. The molecule has 0 aromatic heterocycles. The van der Waals surface area contributed by atoms with Crippen molar-refractivity contribution >= 4 is 10.1 Å². The third-order valence-corrected chi connectivity index (χ3v) is 5.34. The second-order valence-corrected chi connectivity index (χ2v) is 9.26. The molecule has 0 aliphatic rings. The van der Waals surface area contributed by atoms with Gasteiger partial charge in [0, 0.05) is 13.2 Å². The second kappa shape index (κ2) is 19.6. The standard InChI is InChI=1S/C24H40O9S/c1-3-28-13-7-8-15-30-19-22(2)32-20-24(21-33-23-11-5-4-6-12-23)31-17-16-29-14-9-10-18-34(25,26)27/h3-6,11-12,22,24H,1,7-10,13-21H2,2H3,(H,25,26,27). The van der Waals surface area contributed by atoms with Gasteiger partial charge >= 0.3 is 0 Å². The number of hydrogen-bond donors (Lipinski definition) is 1.